The van der Waals surface area contributed by atoms with Crippen LogP contribution in [0.15, 0.2) is 10.5 Å². The molecule has 0 bridgehead atoms. The molecule has 166 valence electrons. The molecule has 0 aliphatic rings. The molecule has 0 saturated heterocycles. The van der Waals surface area contributed by atoms with E-state index in [2.05, 4.69) is 25.1 Å². The molecule has 1 aromatic rings. The summed E-state index contributed by atoms with van der Waals surface area (Å²) in [7, 11) is 1.26. The van der Waals surface area contributed by atoms with Crippen LogP contribution in [0.4, 0.5) is 0 Å². The molecule has 0 aliphatic heterocycles. The van der Waals surface area contributed by atoms with Crippen LogP contribution in [0.3, 0.4) is 0 Å². The van der Waals surface area contributed by atoms with Crippen molar-refractivity contribution in [1.82, 2.24) is 10.3 Å². The van der Waals surface area contributed by atoms with Crippen molar-refractivity contribution in [3.63, 3.8) is 0 Å². The zero-order valence-corrected chi connectivity index (χ0v) is 18.9. The van der Waals surface area contributed by atoms with E-state index < -0.39 is 24.1 Å². The molecule has 10 nitrogen and oxygen atoms in total. The van der Waals surface area contributed by atoms with Gasteiger partial charge in [-0.05, 0) is 17.4 Å². The number of aromatic nitrogens is 1. The van der Waals surface area contributed by atoms with Gasteiger partial charge >= 0.3 is 11.9 Å². The average Bonchev–Trinajstić information content (AvgIpc) is 3.19. The third-order valence-electron chi connectivity index (χ3n) is 4.73. The van der Waals surface area contributed by atoms with Gasteiger partial charge < -0.3 is 14.8 Å². The van der Waals surface area contributed by atoms with Gasteiger partial charge in [0.2, 0.25) is 5.91 Å². The lowest BCUT2D eigenvalue weighted by molar-refractivity contribution is -0.147. The SMILES string of the molecule is CCC(C)C(N=[N+]=[N-])C(=O)N[C@H](C[C@@H](OC(C)=O)c1nc(C(=O)OC)cs1)C(C)C. The van der Waals surface area contributed by atoms with Crippen LogP contribution in [0.2, 0.25) is 0 Å². The van der Waals surface area contributed by atoms with Crippen LogP contribution in [-0.2, 0) is 19.1 Å². The van der Waals surface area contributed by atoms with Crippen LogP contribution in [0.5, 0.6) is 0 Å². The largest absolute Gasteiger partial charge is 0.464 e. The number of nitrogens with one attached hydrogen (secondary N) is 1. The average molecular weight is 440 g/mol. The summed E-state index contributed by atoms with van der Waals surface area (Å²) in [5.41, 5.74) is 8.94. The minimum absolute atomic E-state index is 0.00399. The lowest BCUT2D eigenvalue weighted by Crippen LogP contribution is -2.46. The normalized spacial score (nSPS) is 14.8. The molecule has 0 aromatic carbocycles. The predicted molar refractivity (Wildman–Crippen MR) is 112 cm³/mol. The van der Waals surface area contributed by atoms with Gasteiger partial charge in [0.05, 0.1) is 7.11 Å². The van der Waals surface area contributed by atoms with E-state index in [4.69, 9.17) is 10.3 Å². The minimum Gasteiger partial charge on any atom is -0.464 e. The van der Waals surface area contributed by atoms with Crippen molar-refractivity contribution in [3.8, 4) is 0 Å². The fourth-order valence-corrected chi connectivity index (χ4v) is 3.56. The fourth-order valence-electron chi connectivity index (χ4n) is 2.73. The maximum absolute atomic E-state index is 12.8. The molecule has 1 amide bonds. The molecule has 1 rings (SSSR count). The van der Waals surface area contributed by atoms with Gasteiger partial charge in [0.1, 0.15) is 11.0 Å². The molecule has 1 N–H and O–H groups in total. The standard InChI is InChI=1S/C19H29N5O5S/c1-7-11(4)16(23-24-20)17(26)21-13(10(2)3)8-15(29-12(5)25)18-22-14(9-30-18)19(27)28-6/h9-11,13,15-16H,7-8H2,1-6H3,(H,21,26)/t11?,13-,15-,16?/m1/s1. The lowest BCUT2D eigenvalue weighted by atomic mass is 9.95. The molecule has 0 aliphatic carbocycles. The highest BCUT2D eigenvalue weighted by atomic mass is 32.1. The second kappa shape index (κ2) is 12.1. The van der Waals surface area contributed by atoms with Crippen LogP contribution >= 0.6 is 11.3 Å². The quantitative estimate of drug-likeness (QED) is 0.240. The van der Waals surface area contributed by atoms with E-state index in [9.17, 15) is 14.4 Å². The molecular formula is C19H29N5O5S. The molecule has 2 unspecified atom stereocenters. The van der Waals surface area contributed by atoms with Gasteiger partial charge in [0.15, 0.2) is 11.8 Å². The minimum atomic E-state index is -0.834. The Morgan fingerprint density at radius 2 is 2.00 bits per heavy atom. The Morgan fingerprint density at radius 1 is 1.33 bits per heavy atom. The smallest absolute Gasteiger partial charge is 0.357 e. The second-order valence-corrected chi connectivity index (χ2v) is 8.18. The number of hydrogen-bond donors (Lipinski definition) is 1. The van der Waals surface area contributed by atoms with Gasteiger partial charge in [-0.3, -0.25) is 9.59 Å². The number of esters is 2. The van der Waals surface area contributed by atoms with E-state index in [1.165, 1.54) is 30.8 Å². The first-order valence-electron chi connectivity index (χ1n) is 9.70. The summed E-state index contributed by atoms with van der Waals surface area (Å²) in [4.78, 5) is 43.1. The summed E-state index contributed by atoms with van der Waals surface area (Å²) in [6.07, 6.45) is 0.176. The van der Waals surface area contributed by atoms with Crippen molar-refractivity contribution in [1.29, 1.82) is 0 Å². The number of azide groups is 1. The number of rotatable bonds is 11. The van der Waals surface area contributed by atoms with Gasteiger partial charge in [0, 0.05) is 29.7 Å². The van der Waals surface area contributed by atoms with Crippen LogP contribution < -0.4 is 5.32 Å². The molecule has 0 spiro atoms. The van der Waals surface area contributed by atoms with Gasteiger partial charge in [0.25, 0.3) is 0 Å². The Morgan fingerprint density at radius 3 is 2.50 bits per heavy atom. The van der Waals surface area contributed by atoms with E-state index in [0.29, 0.717) is 11.4 Å². The fraction of sp³-hybridized carbons (Fsp3) is 0.684. The number of amides is 1. The highest BCUT2D eigenvalue weighted by molar-refractivity contribution is 7.09. The third kappa shape index (κ3) is 7.31. The first-order valence-corrected chi connectivity index (χ1v) is 10.6. The third-order valence-corrected chi connectivity index (χ3v) is 5.66. The molecule has 4 atom stereocenters. The van der Waals surface area contributed by atoms with Crippen molar-refractivity contribution >= 4 is 29.2 Å². The summed E-state index contributed by atoms with van der Waals surface area (Å²) < 4.78 is 10.1. The Kier molecular flexibility index (Phi) is 10.3. The molecule has 11 heteroatoms. The number of carbonyl (C=O) groups excluding carboxylic acids is 3. The monoisotopic (exact) mass is 439 g/mol. The first kappa shape index (κ1) is 25.4. The van der Waals surface area contributed by atoms with E-state index in [1.54, 1.807) is 0 Å². The van der Waals surface area contributed by atoms with E-state index in [-0.39, 0.29) is 35.9 Å². The summed E-state index contributed by atoms with van der Waals surface area (Å²) >= 11 is 1.17. The Hall–Kier alpha value is -2.65. The van der Waals surface area contributed by atoms with E-state index in [1.807, 2.05) is 27.7 Å². The number of nitrogens with zero attached hydrogens (tertiary/aromatic N) is 4. The molecule has 0 radical (unpaired) electrons. The molecule has 1 heterocycles. The van der Waals surface area contributed by atoms with Crippen LogP contribution in [0.1, 0.15) is 69.1 Å². The Labute approximate surface area is 180 Å². The molecule has 1 aromatic heterocycles. The Balaban J connectivity index is 3.08. The van der Waals surface area contributed by atoms with Crippen molar-refractivity contribution in [2.75, 3.05) is 7.11 Å². The highest BCUT2D eigenvalue weighted by Gasteiger charge is 2.30. The van der Waals surface area contributed by atoms with Crippen LogP contribution in [-0.4, -0.2) is 42.0 Å². The molecule has 0 saturated carbocycles. The van der Waals surface area contributed by atoms with Crippen molar-refractivity contribution in [2.24, 2.45) is 17.0 Å². The number of thiazole rings is 1. The second-order valence-electron chi connectivity index (χ2n) is 7.29. The summed E-state index contributed by atoms with van der Waals surface area (Å²) in [5, 5.41) is 8.53. The van der Waals surface area contributed by atoms with Gasteiger partial charge in [-0.2, -0.15) is 0 Å². The van der Waals surface area contributed by atoms with Gasteiger partial charge in [-0.1, -0.05) is 39.2 Å². The summed E-state index contributed by atoms with van der Waals surface area (Å²) in [6, 6.07) is -1.22. The highest BCUT2D eigenvalue weighted by Crippen LogP contribution is 2.29. The predicted octanol–water partition coefficient (Wildman–Crippen LogP) is 3.79. The number of hydrogen-bond acceptors (Lipinski definition) is 8. The molecule has 0 fully saturated rings. The van der Waals surface area contributed by atoms with Crippen LogP contribution in [0.25, 0.3) is 10.4 Å². The Bertz CT molecular complexity index is 790. The van der Waals surface area contributed by atoms with Crippen LogP contribution in [0, 0.1) is 11.8 Å². The lowest BCUT2D eigenvalue weighted by Gasteiger charge is -2.28. The van der Waals surface area contributed by atoms with Crippen molar-refractivity contribution < 1.29 is 23.9 Å². The number of methoxy groups -OCH3 is 1. The summed E-state index contributed by atoms with van der Waals surface area (Å²) in [6.45, 7) is 8.88. The van der Waals surface area contributed by atoms with Gasteiger partial charge in [-0.15, -0.1) is 11.3 Å². The zero-order chi connectivity index (χ0) is 22.8. The number of ether oxygens (including phenoxy) is 2. The van der Waals surface area contributed by atoms with Crippen molar-refractivity contribution in [2.45, 2.75) is 65.6 Å². The topological polar surface area (TPSA) is 143 Å². The van der Waals surface area contributed by atoms with Crippen molar-refractivity contribution in [3.05, 3.63) is 26.5 Å². The van der Waals surface area contributed by atoms with E-state index >= 15 is 0 Å². The molecular weight excluding hydrogens is 410 g/mol. The van der Waals surface area contributed by atoms with E-state index in [0.717, 1.165) is 0 Å². The number of carbonyl (C=O) groups is 3. The van der Waals surface area contributed by atoms with Gasteiger partial charge in [-0.25, -0.2) is 9.78 Å². The maximum atomic E-state index is 12.8. The maximum Gasteiger partial charge on any atom is 0.357 e. The first-order chi connectivity index (χ1) is 14.1. The molecule has 30 heavy (non-hydrogen) atoms. The summed E-state index contributed by atoms with van der Waals surface area (Å²) in [5.74, 6) is -1.60. The zero-order valence-electron chi connectivity index (χ0n) is 18.1.